The van der Waals surface area contributed by atoms with Crippen molar-refractivity contribution in [3.63, 3.8) is 0 Å². The van der Waals surface area contributed by atoms with E-state index < -0.39 is 16.6 Å². The number of urea groups is 1. The number of carbonyl (C=O) groups excluding carboxylic acids is 1. The zero-order valence-corrected chi connectivity index (χ0v) is 19.0. The third-order valence-corrected chi connectivity index (χ3v) is 6.98. The molecular formula is C21H25F2N3O6S. The third kappa shape index (κ3) is 6.02. The highest BCUT2D eigenvalue weighted by atomic mass is 32.2. The van der Waals surface area contributed by atoms with E-state index in [4.69, 9.17) is 9.47 Å². The second-order valence-electron chi connectivity index (χ2n) is 7.09. The smallest absolute Gasteiger partial charge is 0.387 e. The summed E-state index contributed by atoms with van der Waals surface area (Å²) in [5, 5.41) is 2.71. The van der Waals surface area contributed by atoms with Gasteiger partial charge in [0.2, 0.25) is 10.0 Å². The zero-order valence-electron chi connectivity index (χ0n) is 18.2. The van der Waals surface area contributed by atoms with Gasteiger partial charge in [-0.25, -0.2) is 13.2 Å². The van der Waals surface area contributed by atoms with Crippen LogP contribution < -0.4 is 19.5 Å². The van der Waals surface area contributed by atoms with Gasteiger partial charge in [-0.1, -0.05) is 12.1 Å². The minimum Gasteiger partial charge on any atom is -0.493 e. The Kier molecular flexibility index (Phi) is 7.92. The molecule has 0 aromatic heterocycles. The SMILES string of the molecule is COc1ccc(S(=O)(=O)N2CCN(C(=O)NCc3cccc(OC(F)F)c3)CC2)cc1OC. The van der Waals surface area contributed by atoms with Crippen LogP contribution in [0.3, 0.4) is 0 Å². The van der Waals surface area contributed by atoms with Gasteiger partial charge in [0.15, 0.2) is 11.5 Å². The Labute approximate surface area is 190 Å². The number of nitrogens with one attached hydrogen (secondary N) is 1. The molecule has 1 fully saturated rings. The molecule has 1 N–H and O–H groups in total. The van der Waals surface area contributed by atoms with E-state index in [0.717, 1.165) is 0 Å². The molecule has 0 unspecified atom stereocenters. The number of hydrogen-bond acceptors (Lipinski definition) is 6. The van der Waals surface area contributed by atoms with Crippen LogP contribution in [0.1, 0.15) is 5.56 Å². The number of methoxy groups -OCH3 is 2. The van der Waals surface area contributed by atoms with E-state index in [2.05, 4.69) is 10.1 Å². The van der Waals surface area contributed by atoms with E-state index in [1.165, 1.54) is 53.8 Å². The van der Waals surface area contributed by atoms with Gasteiger partial charge in [-0.3, -0.25) is 0 Å². The van der Waals surface area contributed by atoms with Crippen molar-refractivity contribution in [2.75, 3.05) is 40.4 Å². The van der Waals surface area contributed by atoms with Gasteiger partial charge in [0.05, 0.1) is 19.1 Å². The molecule has 1 aliphatic heterocycles. The first-order valence-corrected chi connectivity index (χ1v) is 11.5. The summed E-state index contributed by atoms with van der Waals surface area (Å²) in [6.07, 6.45) is 0. The summed E-state index contributed by atoms with van der Waals surface area (Å²) < 4.78 is 66.7. The highest BCUT2D eigenvalue weighted by molar-refractivity contribution is 7.89. The summed E-state index contributed by atoms with van der Waals surface area (Å²) >= 11 is 0. The van der Waals surface area contributed by atoms with Crippen molar-refractivity contribution < 1.29 is 36.2 Å². The second-order valence-corrected chi connectivity index (χ2v) is 9.03. The summed E-state index contributed by atoms with van der Waals surface area (Å²) in [5.74, 6) is 0.731. The molecule has 2 amide bonds. The van der Waals surface area contributed by atoms with Crippen molar-refractivity contribution in [1.29, 1.82) is 0 Å². The van der Waals surface area contributed by atoms with Crippen LogP contribution in [0.2, 0.25) is 0 Å². The maximum Gasteiger partial charge on any atom is 0.387 e. The van der Waals surface area contributed by atoms with E-state index >= 15 is 0 Å². The number of alkyl halides is 2. The normalized spacial score (nSPS) is 14.8. The van der Waals surface area contributed by atoms with Gasteiger partial charge in [-0.05, 0) is 29.8 Å². The summed E-state index contributed by atoms with van der Waals surface area (Å²) in [7, 11) is -0.888. The van der Waals surface area contributed by atoms with Gasteiger partial charge >= 0.3 is 12.6 Å². The quantitative estimate of drug-likeness (QED) is 0.617. The predicted octanol–water partition coefficient (Wildman–Crippen LogP) is 2.52. The number of halogens is 2. The maximum absolute atomic E-state index is 13.0. The molecular weight excluding hydrogens is 460 g/mol. The summed E-state index contributed by atoms with van der Waals surface area (Å²) in [4.78, 5) is 14.1. The minimum atomic E-state index is -3.77. The fraction of sp³-hybridized carbons (Fsp3) is 0.381. The summed E-state index contributed by atoms with van der Waals surface area (Å²) in [6.45, 7) is -2.16. The molecule has 33 heavy (non-hydrogen) atoms. The number of benzene rings is 2. The van der Waals surface area contributed by atoms with Crippen molar-refractivity contribution in [1.82, 2.24) is 14.5 Å². The lowest BCUT2D eigenvalue weighted by atomic mass is 10.2. The third-order valence-electron chi connectivity index (χ3n) is 5.09. The standard InChI is InChI=1S/C21H25F2N3O6S/c1-30-18-7-6-17(13-19(18)31-2)33(28,29)26-10-8-25(9-11-26)21(27)24-14-15-4-3-5-16(12-15)32-20(22)23/h3-7,12-13,20H,8-11,14H2,1-2H3,(H,24,27). The Hall–Kier alpha value is -3.12. The van der Waals surface area contributed by atoms with Gasteiger partial charge in [0.25, 0.3) is 0 Å². The monoisotopic (exact) mass is 485 g/mol. The number of nitrogens with zero attached hydrogens (tertiary/aromatic N) is 2. The lowest BCUT2D eigenvalue weighted by Crippen LogP contribution is -2.52. The average molecular weight is 486 g/mol. The van der Waals surface area contributed by atoms with E-state index in [1.54, 1.807) is 12.1 Å². The molecule has 3 rings (SSSR count). The van der Waals surface area contributed by atoms with Crippen LogP contribution >= 0.6 is 0 Å². The van der Waals surface area contributed by atoms with E-state index in [1.807, 2.05) is 0 Å². The van der Waals surface area contributed by atoms with Gasteiger partial charge < -0.3 is 24.4 Å². The Morgan fingerprint density at radius 1 is 1.03 bits per heavy atom. The Bertz CT molecular complexity index is 1080. The first-order valence-electron chi connectivity index (χ1n) is 10.0. The summed E-state index contributed by atoms with van der Waals surface area (Å²) in [5.41, 5.74) is 0.594. The van der Waals surface area contributed by atoms with E-state index in [-0.39, 0.29) is 49.4 Å². The van der Waals surface area contributed by atoms with Crippen molar-refractivity contribution in [3.8, 4) is 17.2 Å². The number of amides is 2. The lowest BCUT2D eigenvalue weighted by Gasteiger charge is -2.34. The van der Waals surface area contributed by atoms with E-state index in [9.17, 15) is 22.0 Å². The van der Waals surface area contributed by atoms with Gasteiger partial charge in [-0.2, -0.15) is 13.1 Å². The van der Waals surface area contributed by atoms with Crippen molar-refractivity contribution in [2.24, 2.45) is 0 Å². The lowest BCUT2D eigenvalue weighted by molar-refractivity contribution is -0.0498. The van der Waals surface area contributed by atoms with Crippen LogP contribution in [-0.2, 0) is 16.6 Å². The molecule has 0 aliphatic carbocycles. The number of sulfonamides is 1. The maximum atomic E-state index is 13.0. The average Bonchev–Trinajstić information content (AvgIpc) is 2.82. The molecule has 0 bridgehead atoms. The molecule has 1 aliphatic rings. The predicted molar refractivity (Wildman–Crippen MR) is 115 cm³/mol. The number of piperazine rings is 1. The second kappa shape index (κ2) is 10.7. The summed E-state index contributed by atoms with van der Waals surface area (Å²) in [6, 6.07) is 10.0. The van der Waals surface area contributed by atoms with Crippen LogP contribution in [0, 0.1) is 0 Å². The van der Waals surface area contributed by atoms with Crippen molar-refractivity contribution in [2.45, 2.75) is 18.1 Å². The number of carbonyl (C=O) groups is 1. The van der Waals surface area contributed by atoms with Crippen LogP contribution in [0.25, 0.3) is 0 Å². The zero-order chi connectivity index (χ0) is 24.0. The highest BCUT2D eigenvalue weighted by Gasteiger charge is 2.30. The highest BCUT2D eigenvalue weighted by Crippen LogP contribution is 2.30. The topological polar surface area (TPSA) is 97.4 Å². The van der Waals surface area contributed by atoms with Gasteiger partial charge in [0.1, 0.15) is 5.75 Å². The molecule has 2 aromatic rings. The minimum absolute atomic E-state index is 0.00531. The Morgan fingerprint density at radius 3 is 2.36 bits per heavy atom. The van der Waals surface area contributed by atoms with Crippen molar-refractivity contribution in [3.05, 3.63) is 48.0 Å². The van der Waals surface area contributed by atoms with Crippen LogP contribution in [-0.4, -0.2) is 70.7 Å². The molecule has 0 radical (unpaired) electrons. The van der Waals surface area contributed by atoms with E-state index in [0.29, 0.717) is 17.1 Å². The number of ether oxygens (including phenoxy) is 3. The Balaban J connectivity index is 1.56. The number of rotatable bonds is 8. The van der Waals surface area contributed by atoms with Gasteiger partial charge in [-0.15, -0.1) is 0 Å². The molecule has 2 aromatic carbocycles. The van der Waals surface area contributed by atoms with Gasteiger partial charge in [0, 0.05) is 38.8 Å². The molecule has 0 spiro atoms. The van der Waals surface area contributed by atoms with Crippen molar-refractivity contribution >= 4 is 16.1 Å². The van der Waals surface area contributed by atoms with Crippen LogP contribution in [0.4, 0.5) is 13.6 Å². The first-order chi connectivity index (χ1) is 15.7. The molecule has 1 saturated heterocycles. The fourth-order valence-electron chi connectivity index (χ4n) is 3.38. The number of hydrogen-bond donors (Lipinski definition) is 1. The molecule has 180 valence electrons. The van der Waals surface area contributed by atoms with Crippen LogP contribution in [0.5, 0.6) is 17.2 Å². The molecule has 12 heteroatoms. The Morgan fingerprint density at radius 2 is 1.73 bits per heavy atom. The molecule has 9 nitrogen and oxygen atoms in total. The largest absolute Gasteiger partial charge is 0.493 e. The molecule has 0 saturated carbocycles. The molecule has 0 atom stereocenters. The first kappa shape index (κ1) is 24.5. The molecule has 1 heterocycles. The fourth-order valence-corrected chi connectivity index (χ4v) is 4.82. The van der Waals surface area contributed by atoms with Crippen LogP contribution in [0.15, 0.2) is 47.4 Å².